The second-order valence-corrected chi connectivity index (χ2v) is 9.17. The Kier molecular flexibility index (Phi) is 9.72. The van der Waals surface area contributed by atoms with Gasteiger partial charge in [-0.15, -0.1) is 0 Å². The summed E-state index contributed by atoms with van der Waals surface area (Å²) in [5.41, 5.74) is 0. The van der Waals surface area contributed by atoms with E-state index < -0.39 is 14.6 Å². The molecule has 0 aromatic heterocycles. The van der Waals surface area contributed by atoms with Gasteiger partial charge in [-0.1, -0.05) is 33.1 Å². The summed E-state index contributed by atoms with van der Waals surface area (Å²) in [6.07, 6.45) is 6.08. The Morgan fingerprint density at radius 1 is 1.18 bits per heavy atom. The van der Waals surface area contributed by atoms with Crippen LogP contribution in [0.5, 0.6) is 0 Å². The molecule has 0 heterocycles. The van der Waals surface area contributed by atoms with Gasteiger partial charge in [-0.2, -0.15) is 0 Å². The minimum Gasteiger partial charge on any atom is -0.357 e. The predicted molar refractivity (Wildman–Crippen MR) is 96.2 cm³/mol. The predicted octanol–water partition coefficient (Wildman–Crippen LogP) is 2.58. The van der Waals surface area contributed by atoms with E-state index >= 15 is 0 Å². The molecular formula is C16H35N3O2S. The Morgan fingerprint density at radius 2 is 1.82 bits per heavy atom. The molecule has 0 radical (unpaired) electrons. The van der Waals surface area contributed by atoms with Crippen LogP contribution in [-0.4, -0.2) is 45.0 Å². The number of unbranched alkanes of at least 4 members (excludes halogenated alkanes) is 1. The Bertz CT molecular complexity index is 431. The molecule has 132 valence electrons. The van der Waals surface area contributed by atoms with Gasteiger partial charge in [0.25, 0.3) is 0 Å². The third-order valence-electron chi connectivity index (χ3n) is 4.07. The van der Waals surface area contributed by atoms with Gasteiger partial charge in [0.2, 0.25) is 0 Å². The minimum atomic E-state index is -3.12. The zero-order valence-electron chi connectivity index (χ0n) is 15.2. The zero-order valence-corrected chi connectivity index (χ0v) is 16.0. The highest BCUT2D eigenvalue weighted by Crippen LogP contribution is 2.15. The molecule has 0 bridgehead atoms. The first-order valence-corrected chi connectivity index (χ1v) is 10.3. The Balaban J connectivity index is 4.68. The summed E-state index contributed by atoms with van der Waals surface area (Å²) in [6.45, 7) is 11.7. The first kappa shape index (κ1) is 21.2. The molecule has 0 aliphatic heterocycles. The van der Waals surface area contributed by atoms with E-state index in [1.807, 2.05) is 6.92 Å². The first-order valence-electron chi connectivity index (χ1n) is 8.39. The van der Waals surface area contributed by atoms with Crippen LogP contribution in [0.25, 0.3) is 0 Å². The Labute approximate surface area is 137 Å². The van der Waals surface area contributed by atoms with Gasteiger partial charge in [0.1, 0.15) is 0 Å². The van der Waals surface area contributed by atoms with Gasteiger partial charge < -0.3 is 10.6 Å². The summed E-state index contributed by atoms with van der Waals surface area (Å²) in [5.74, 6) is 1.33. The van der Waals surface area contributed by atoms with Gasteiger partial charge in [0, 0.05) is 19.3 Å². The summed E-state index contributed by atoms with van der Waals surface area (Å²) in [5, 5.41) is 6.53. The van der Waals surface area contributed by atoms with Gasteiger partial charge in [-0.3, -0.25) is 4.99 Å². The van der Waals surface area contributed by atoms with E-state index in [2.05, 4.69) is 29.5 Å². The molecule has 0 saturated carbocycles. The van der Waals surface area contributed by atoms with Crippen molar-refractivity contribution in [3.05, 3.63) is 0 Å². The molecule has 0 aromatic rings. The fourth-order valence-corrected chi connectivity index (χ4v) is 2.21. The van der Waals surface area contributed by atoms with Crippen LogP contribution in [0.1, 0.15) is 60.3 Å². The molecule has 0 spiro atoms. The monoisotopic (exact) mass is 333 g/mol. The standard InChI is InChI=1S/C16H35N3O2S/c1-7-10-11-14(8-2)12-18-15(17-9-3)19-13-16(4,5)22(6,20)21/h14H,7-13H2,1-6H3,(H2,17,18,19). The van der Waals surface area contributed by atoms with Crippen LogP contribution < -0.4 is 10.6 Å². The maximum atomic E-state index is 11.7. The molecule has 1 unspecified atom stereocenters. The first-order chi connectivity index (χ1) is 10.2. The van der Waals surface area contributed by atoms with Crippen molar-refractivity contribution in [2.45, 2.75) is 65.0 Å². The number of nitrogens with zero attached hydrogens (tertiary/aromatic N) is 1. The summed E-state index contributed by atoms with van der Waals surface area (Å²) in [6, 6.07) is 0. The number of nitrogens with one attached hydrogen (secondary N) is 2. The van der Waals surface area contributed by atoms with Crippen LogP contribution in [0, 0.1) is 5.92 Å². The highest BCUT2D eigenvalue weighted by molar-refractivity contribution is 7.92. The molecule has 0 rings (SSSR count). The zero-order chi connectivity index (χ0) is 17.2. The largest absolute Gasteiger partial charge is 0.357 e. The van der Waals surface area contributed by atoms with E-state index in [-0.39, 0.29) is 6.54 Å². The topological polar surface area (TPSA) is 70.6 Å². The average Bonchev–Trinajstić information content (AvgIpc) is 2.43. The lowest BCUT2D eigenvalue weighted by molar-refractivity contribution is 0.443. The lowest BCUT2D eigenvalue weighted by Crippen LogP contribution is -2.42. The molecule has 0 fully saturated rings. The molecule has 0 aromatic carbocycles. The maximum absolute atomic E-state index is 11.7. The molecule has 0 saturated heterocycles. The number of guanidine groups is 1. The minimum absolute atomic E-state index is 0.257. The van der Waals surface area contributed by atoms with Crippen LogP contribution in [0.3, 0.4) is 0 Å². The summed E-state index contributed by atoms with van der Waals surface area (Å²) in [4.78, 5) is 4.45. The lowest BCUT2D eigenvalue weighted by Gasteiger charge is -2.22. The summed E-state index contributed by atoms with van der Waals surface area (Å²) in [7, 11) is -3.12. The van der Waals surface area contributed by atoms with Gasteiger partial charge in [-0.25, -0.2) is 8.42 Å². The molecule has 0 amide bonds. The molecule has 0 aliphatic carbocycles. The number of aliphatic imine (C=N–C) groups is 1. The van der Waals surface area contributed by atoms with Gasteiger partial charge >= 0.3 is 0 Å². The Morgan fingerprint density at radius 3 is 2.27 bits per heavy atom. The van der Waals surface area contributed by atoms with Crippen molar-refractivity contribution in [2.75, 3.05) is 25.9 Å². The second-order valence-electron chi connectivity index (χ2n) is 6.52. The summed E-state index contributed by atoms with van der Waals surface area (Å²) >= 11 is 0. The van der Waals surface area contributed by atoms with Crippen molar-refractivity contribution >= 4 is 15.8 Å². The fraction of sp³-hybridized carbons (Fsp3) is 0.938. The summed E-state index contributed by atoms with van der Waals surface area (Å²) < 4.78 is 22.6. The van der Waals surface area contributed by atoms with Crippen molar-refractivity contribution in [3.63, 3.8) is 0 Å². The number of rotatable bonds is 10. The van der Waals surface area contributed by atoms with Crippen LogP contribution >= 0.6 is 0 Å². The van der Waals surface area contributed by atoms with E-state index in [4.69, 9.17) is 0 Å². The van der Waals surface area contributed by atoms with Crippen LogP contribution in [0.2, 0.25) is 0 Å². The molecular weight excluding hydrogens is 298 g/mol. The van der Waals surface area contributed by atoms with Crippen LogP contribution in [0.4, 0.5) is 0 Å². The number of hydrogen-bond acceptors (Lipinski definition) is 3. The molecule has 0 aliphatic rings. The highest BCUT2D eigenvalue weighted by Gasteiger charge is 2.29. The molecule has 1 atom stereocenters. The average molecular weight is 334 g/mol. The van der Waals surface area contributed by atoms with Crippen LogP contribution in [-0.2, 0) is 9.84 Å². The van der Waals surface area contributed by atoms with E-state index in [0.717, 1.165) is 19.5 Å². The lowest BCUT2D eigenvalue weighted by atomic mass is 9.99. The highest BCUT2D eigenvalue weighted by atomic mass is 32.2. The quantitative estimate of drug-likeness (QED) is 0.476. The number of sulfone groups is 1. The SMILES string of the molecule is CCCCC(CC)CNC(=NCC(C)(C)S(C)(=O)=O)NCC. The normalized spacial score (nSPS) is 14.7. The molecule has 6 heteroatoms. The van der Waals surface area contributed by atoms with E-state index in [1.165, 1.54) is 25.5 Å². The Hall–Kier alpha value is -0.780. The third-order valence-corrected chi connectivity index (χ3v) is 6.20. The van der Waals surface area contributed by atoms with E-state index in [9.17, 15) is 8.42 Å². The van der Waals surface area contributed by atoms with Crippen molar-refractivity contribution in [1.82, 2.24) is 10.6 Å². The van der Waals surface area contributed by atoms with Crippen molar-refractivity contribution in [1.29, 1.82) is 0 Å². The molecule has 5 nitrogen and oxygen atoms in total. The molecule has 2 N–H and O–H groups in total. The maximum Gasteiger partial charge on any atom is 0.191 e. The van der Waals surface area contributed by atoms with Gasteiger partial charge in [0.05, 0.1) is 11.3 Å². The van der Waals surface area contributed by atoms with Crippen molar-refractivity contribution < 1.29 is 8.42 Å². The van der Waals surface area contributed by atoms with Crippen molar-refractivity contribution in [3.8, 4) is 0 Å². The van der Waals surface area contributed by atoms with E-state index in [0.29, 0.717) is 11.9 Å². The van der Waals surface area contributed by atoms with Crippen molar-refractivity contribution in [2.24, 2.45) is 10.9 Å². The third kappa shape index (κ3) is 8.01. The fourth-order valence-electron chi connectivity index (χ4n) is 1.91. The van der Waals surface area contributed by atoms with Crippen LogP contribution in [0.15, 0.2) is 4.99 Å². The smallest absolute Gasteiger partial charge is 0.191 e. The second kappa shape index (κ2) is 10.1. The van der Waals surface area contributed by atoms with Gasteiger partial charge in [-0.05, 0) is 33.1 Å². The number of hydrogen-bond donors (Lipinski definition) is 2. The van der Waals surface area contributed by atoms with Gasteiger partial charge in [0.15, 0.2) is 15.8 Å². The molecule has 22 heavy (non-hydrogen) atoms. The van der Waals surface area contributed by atoms with E-state index in [1.54, 1.807) is 13.8 Å².